The Labute approximate surface area is 166 Å². The van der Waals surface area contributed by atoms with Gasteiger partial charge in [0.05, 0.1) is 10.4 Å². The average molecular weight is 412 g/mol. The van der Waals surface area contributed by atoms with E-state index in [9.17, 15) is 18.0 Å². The number of amides is 2. The number of carbonyl (C=O) groups excluding carboxylic acids is 2. The molecule has 0 atom stereocenters. The van der Waals surface area contributed by atoms with Gasteiger partial charge < -0.3 is 15.0 Å². The third kappa shape index (κ3) is 6.20. The first kappa shape index (κ1) is 22.2. The molecule has 1 aromatic rings. The number of ether oxygens (including phenoxy) is 1. The van der Waals surface area contributed by atoms with E-state index in [0.29, 0.717) is 25.9 Å². The Kier molecular flexibility index (Phi) is 6.71. The molecule has 156 valence electrons. The van der Waals surface area contributed by atoms with Gasteiger partial charge in [0.25, 0.3) is 0 Å². The molecule has 1 aliphatic heterocycles. The second-order valence-corrected chi connectivity index (χ2v) is 9.83. The maximum absolute atomic E-state index is 12.5. The predicted molar refractivity (Wildman–Crippen MR) is 105 cm³/mol. The quantitative estimate of drug-likeness (QED) is 0.770. The Morgan fingerprint density at radius 2 is 1.71 bits per heavy atom. The first-order valence-electron chi connectivity index (χ1n) is 9.24. The normalized spacial score (nSPS) is 17.1. The van der Waals surface area contributed by atoms with Gasteiger partial charge in [0.15, 0.2) is 0 Å². The van der Waals surface area contributed by atoms with E-state index in [2.05, 4.69) is 10.0 Å². The maximum atomic E-state index is 12.5. The van der Waals surface area contributed by atoms with Gasteiger partial charge in [-0.3, -0.25) is 4.79 Å². The van der Waals surface area contributed by atoms with Gasteiger partial charge in [-0.05, 0) is 45.7 Å². The van der Waals surface area contributed by atoms with Crippen LogP contribution in [0.1, 0.15) is 40.5 Å². The average Bonchev–Trinajstić information content (AvgIpc) is 2.59. The topological polar surface area (TPSA) is 105 Å². The molecule has 1 fully saturated rings. The van der Waals surface area contributed by atoms with Gasteiger partial charge in [0.1, 0.15) is 5.60 Å². The third-order valence-electron chi connectivity index (χ3n) is 4.47. The molecular formula is C19H29N3O5S. The zero-order valence-electron chi connectivity index (χ0n) is 16.8. The van der Waals surface area contributed by atoms with Crippen LogP contribution in [0.4, 0.5) is 4.79 Å². The van der Waals surface area contributed by atoms with E-state index in [-0.39, 0.29) is 17.3 Å². The zero-order valence-corrected chi connectivity index (χ0v) is 17.6. The summed E-state index contributed by atoms with van der Waals surface area (Å²) in [5.74, 6) is -0.246. The number of piperidine rings is 1. The smallest absolute Gasteiger partial charge is 0.410 e. The van der Waals surface area contributed by atoms with E-state index >= 15 is 0 Å². The van der Waals surface area contributed by atoms with Crippen molar-refractivity contribution in [3.63, 3.8) is 0 Å². The second kappa shape index (κ2) is 8.48. The number of nitrogens with one attached hydrogen (secondary N) is 2. The van der Waals surface area contributed by atoms with E-state index in [1.54, 1.807) is 43.9 Å². The van der Waals surface area contributed by atoms with Gasteiger partial charge >= 0.3 is 6.09 Å². The summed E-state index contributed by atoms with van der Waals surface area (Å²) in [4.78, 5) is 25.7. The van der Waals surface area contributed by atoms with Gasteiger partial charge in [0.2, 0.25) is 15.9 Å². The zero-order chi connectivity index (χ0) is 21.0. The minimum atomic E-state index is -3.69. The first-order chi connectivity index (χ1) is 12.9. The molecule has 1 aromatic carbocycles. The standard InChI is InChI=1S/C19H29N3O5S/c1-15(23)21-19(14-20-28(25,26)16-8-6-5-7-9-16)10-12-22(13-11-19)17(24)27-18(2,3)4/h5-9,20H,10-14H2,1-4H3,(H,21,23). The van der Waals surface area contributed by atoms with Gasteiger partial charge in [0, 0.05) is 26.6 Å². The number of likely N-dealkylation sites (tertiary alicyclic amines) is 1. The Bertz CT molecular complexity index is 795. The number of sulfonamides is 1. The lowest BCUT2D eigenvalue weighted by Gasteiger charge is -2.42. The minimum Gasteiger partial charge on any atom is -0.444 e. The highest BCUT2D eigenvalue weighted by Gasteiger charge is 2.38. The Morgan fingerprint density at radius 3 is 2.21 bits per heavy atom. The molecule has 1 heterocycles. The monoisotopic (exact) mass is 411 g/mol. The highest BCUT2D eigenvalue weighted by Crippen LogP contribution is 2.24. The van der Waals surface area contributed by atoms with Crippen molar-refractivity contribution in [1.82, 2.24) is 14.9 Å². The van der Waals surface area contributed by atoms with Crippen LogP contribution in [-0.2, 0) is 19.6 Å². The van der Waals surface area contributed by atoms with Crippen molar-refractivity contribution in [3.8, 4) is 0 Å². The molecule has 0 radical (unpaired) electrons. The van der Waals surface area contributed by atoms with Crippen LogP contribution < -0.4 is 10.0 Å². The van der Waals surface area contributed by atoms with E-state index in [4.69, 9.17) is 4.74 Å². The second-order valence-electron chi connectivity index (χ2n) is 8.07. The molecule has 0 spiro atoms. The van der Waals surface area contributed by atoms with Gasteiger partial charge in [-0.15, -0.1) is 0 Å². The Balaban J connectivity index is 2.06. The predicted octanol–water partition coefficient (Wildman–Crippen LogP) is 1.87. The van der Waals surface area contributed by atoms with Gasteiger partial charge in [-0.2, -0.15) is 0 Å². The highest BCUT2D eigenvalue weighted by molar-refractivity contribution is 7.89. The van der Waals surface area contributed by atoms with Crippen LogP contribution in [-0.4, -0.2) is 56.1 Å². The van der Waals surface area contributed by atoms with Crippen molar-refractivity contribution in [3.05, 3.63) is 30.3 Å². The molecule has 2 amide bonds. The van der Waals surface area contributed by atoms with Crippen LogP contribution in [0.15, 0.2) is 35.2 Å². The molecule has 0 aliphatic carbocycles. The van der Waals surface area contributed by atoms with Crippen molar-refractivity contribution in [1.29, 1.82) is 0 Å². The molecule has 0 bridgehead atoms. The lowest BCUT2D eigenvalue weighted by Crippen LogP contribution is -2.61. The number of nitrogens with zero attached hydrogens (tertiary/aromatic N) is 1. The number of carbonyl (C=O) groups is 2. The largest absolute Gasteiger partial charge is 0.444 e. The van der Waals surface area contributed by atoms with E-state index in [0.717, 1.165) is 0 Å². The molecule has 8 nitrogen and oxygen atoms in total. The third-order valence-corrected chi connectivity index (χ3v) is 5.88. The molecule has 2 rings (SSSR count). The molecule has 9 heteroatoms. The van der Waals surface area contributed by atoms with Crippen LogP contribution in [0.25, 0.3) is 0 Å². The summed E-state index contributed by atoms with van der Waals surface area (Å²) in [6.45, 7) is 7.57. The SMILES string of the molecule is CC(=O)NC1(CNS(=O)(=O)c2ccccc2)CCN(C(=O)OC(C)(C)C)CC1. The summed E-state index contributed by atoms with van der Waals surface area (Å²) >= 11 is 0. The minimum absolute atomic E-state index is 0.0476. The summed E-state index contributed by atoms with van der Waals surface area (Å²) in [7, 11) is -3.69. The molecular weight excluding hydrogens is 382 g/mol. The van der Waals surface area contributed by atoms with Crippen molar-refractivity contribution < 1.29 is 22.7 Å². The summed E-state index contributed by atoms with van der Waals surface area (Å²) in [6, 6.07) is 8.07. The van der Waals surface area contributed by atoms with Crippen LogP contribution >= 0.6 is 0 Å². The molecule has 2 N–H and O–H groups in total. The van der Waals surface area contributed by atoms with Crippen molar-refractivity contribution in [2.24, 2.45) is 0 Å². The number of hydrogen-bond acceptors (Lipinski definition) is 5. The Morgan fingerprint density at radius 1 is 1.14 bits per heavy atom. The molecule has 0 unspecified atom stereocenters. The summed E-state index contributed by atoms with van der Waals surface area (Å²) < 4.78 is 33.0. The maximum Gasteiger partial charge on any atom is 0.410 e. The van der Waals surface area contributed by atoms with Crippen LogP contribution in [0.3, 0.4) is 0 Å². The molecule has 0 aromatic heterocycles. The van der Waals surface area contributed by atoms with Crippen LogP contribution in [0.5, 0.6) is 0 Å². The summed E-state index contributed by atoms with van der Waals surface area (Å²) in [5, 5.41) is 2.88. The van der Waals surface area contributed by atoms with Gasteiger partial charge in [-0.1, -0.05) is 18.2 Å². The summed E-state index contributed by atoms with van der Waals surface area (Å²) in [5.41, 5.74) is -1.35. The van der Waals surface area contributed by atoms with Crippen molar-refractivity contribution >= 4 is 22.0 Å². The lowest BCUT2D eigenvalue weighted by atomic mass is 9.87. The van der Waals surface area contributed by atoms with Crippen LogP contribution in [0.2, 0.25) is 0 Å². The lowest BCUT2D eigenvalue weighted by molar-refractivity contribution is -0.121. The molecule has 28 heavy (non-hydrogen) atoms. The highest BCUT2D eigenvalue weighted by atomic mass is 32.2. The van der Waals surface area contributed by atoms with Gasteiger partial charge in [-0.25, -0.2) is 17.9 Å². The van der Waals surface area contributed by atoms with E-state index < -0.39 is 27.3 Å². The number of hydrogen-bond donors (Lipinski definition) is 2. The van der Waals surface area contributed by atoms with E-state index in [1.807, 2.05) is 0 Å². The Hall–Kier alpha value is -2.13. The van der Waals surface area contributed by atoms with Crippen molar-refractivity contribution in [2.75, 3.05) is 19.6 Å². The number of benzene rings is 1. The fourth-order valence-corrected chi connectivity index (χ4v) is 4.23. The van der Waals surface area contributed by atoms with Crippen LogP contribution in [0, 0.1) is 0 Å². The fourth-order valence-electron chi connectivity index (χ4n) is 3.08. The summed E-state index contributed by atoms with van der Waals surface area (Å²) in [6.07, 6.45) is 0.431. The fraction of sp³-hybridized carbons (Fsp3) is 0.579. The molecule has 1 saturated heterocycles. The van der Waals surface area contributed by atoms with E-state index in [1.165, 1.54) is 19.1 Å². The molecule has 0 saturated carbocycles. The van der Waals surface area contributed by atoms with Crippen molar-refractivity contribution in [2.45, 2.75) is 56.6 Å². The molecule has 1 aliphatic rings. The first-order valence-corrected chi connectivity index (χ1v) is 10.7. The number of rotatable bonds is 5.